The number of nitrogens with one attached hydrogen (secondary N) is 2. The van der Waals surface area contributed by atoms with Gasteiger partial charge in [0.2, 0.25) is 0 Å². The Morgan fingerprint density at radius 1 is 1.32 bits per heavy atom. The number of fused-ring (bicyclic) bond motifs is 1. The van der Waals surface area contributed by atoms with E-state index in [1.54, 1.807) is 11.7 Å². The first kappa shape index (κ1) is 20.9. The molecule has 0 amide bonds. The topological polar surface area (TPSA) is 94.7 Å². The molecule has 0 aliphatic carbocycles. The highest BCUT2D eigenvalue weighted by Crippen LogP contribution is 2.12. The van der Waals surface area contributed by atoms with Gasteiger partial charge in [-0.1, -0.05) is 0 Å². The number of rotatable bonds is 10. The predicted octanol–water partition coefficient (Wildman–Crippen LogP) is 0.379. The zero-order valence-corrected chi connectivity index (χ0v) is 17.0. The van der Waals surface area contributed by atoms with Crippen LogP contribution in [0.5, 0.6) is 0 Å². The Kier molecular flexibility index (Phi) is 8.35. The fourth-order valence-corrected chi connectivity index (χ4v) is 3.60. The highest BCUT2D eigenvalue weighted by molar-refractivity contribution is 5.79. The molecule has 9 heteroatoms. The summed E-state index contributed by atoms with van der Waals surface area (Å²) in [5, 5.41) is 11.0. The average Bonchev–Trinajstić information content (AvgIpc) is 3.34. The van der Waals surface area contributed by atoms with Crippen molar-refractivity contribution >= 4 is 5.96 Å². The van der Waals surface area contributed by atoms with Crippen LogP contribution in [0.1, 0.15) is 37.9 Å². The van der Waals surface area contributed by atoms with Crippen LogP contribution in [0.25, 0.3) is 0 Å². The van der Waals surface area contributed by atoms with Crippen molar-refractivity contribution in [3.05, 3.63) is 16.3 Å². The van der Waals surface area contributed by atoms with E-state index in [1.807, 2.05) is 4.57 Å². The van der Waals surface area contributed by atoms with Gasteiger partial charge < -0.3 is 20.1 Å². The molecule has 0 spiro atoms. The number of aromatic nitrogens is 3. The Hall–Kier alpha value is -1.87. The second kappa shape index (κ2) is 11.2. The molecule has 3 heterocycles. The minimum atomic E-state index is 0.0290. The lowest BCUT2D eigenvalue weighted by molar-refractivity contribution is 0.0888. The van der Waals surface area contributed by atoms with Crippen LogP contribution in [-0.2, 0) is 29.0 Å². The van der Waals surface area contributed by atoms with Crippen molar-refractivity contribution in [3.8, 4) is 0 Å². The van der Waals surface area contributed by atoms with Crippen LogP contribution in [-0.4, -0.2) is 66.9 Å². The summed E-state index contributed by atoms with van der Waals surface area (Å²) in [5.74, 6) is 2.28. The van der Waals surface area contributed by atoms with Gasteiger partial charge in [0, 0.05) is 58.8 Å². The van der Waals surface area contributed by atoms with Gasteiger partial charge in [-0.25, -0.2) is 9.48 Å². The lowest BCUT2D eigenvalue weighted by Gasteiger charge is -2.12. The molecule has 1 saturated heterocycles. The predicted molar refractivity (Wildman–Crippen MR) is 108 cm³/mol. The standard InChI is InChI=1S/C19H34N6O3/c1-20-18(22-9-5-12-27-14-16-7-13-28-15-16)21-8-4-11-25-19(26)24-10-3-2-6-17(24)23-25/h16H,2-15H2,1H3,(H2,20,21,22). The van der Waals surface area contributed by atoms with Gasteiger partial charge in [0.15, 0.2) is 5.96 Å². The largest absolute Gasteiger partial charge is 0.381 e. The van der Waals surface area contributed by atoms with Crippen molar-refractivity contribution < 1.29 is 9.47 Å². The molecule has 9 nitrogen and oxygen atoms in total. The number of aliphatic imine (C=N–C) groups is 1. The molecule has 0 saturated carbocycles. The first-order valence-electron chi connectivity index (χ1n) is 10.5. The van der Waals surface area contributed by atoms with Crippen molar-refractivity contribution in [3.63, 3.8) is 0 Å². The third kappa shape index (κ3) is 6.07. The first-order chi connectivity index (χ1) is 13.8. The van der Waals surface area contributed by atoms with Crippen molar-refractivity contribution in [2.24, 2.45) is 10.9 Å². The molecule has 1 aromatic heterocycles. The molecule has 2 N–H and O–H groups in total. The van der Waals surface area contributed by atoms with Crippen molar-refractivity contribution in [2.45, 2.75) is 51.6 Å². The molecule has 0 bridgehead atoms. The van der Waals surface area contributed by atoms with E-state index in [4.69, 9.17) is 9.47 Å². The van der Waals surface area contributed by atoms with Crippen molar-refractivity contribution in [2.75, 3.05) is 46.6 Å². The Morgan fingerprint density at radius 2 is 2.18 bits per heavy atom. The third-order valence-corrected chi connectivity index (χ3v) is 5.23. The number of ether oxygens (including phenoxy) is 2. The summed E-state index contributed by atoms with van der Waals surface area (Å²) in [6.07, 6.45) is 5.98. The smallest absolute Gasteiger partial charge is 0.345 e. The molecule has 1 atom stereocenters. The summed E-state index contributed by atoms with van der Waals surface area (Å²) in [4.78, 5) is 16.5. The maximum absolute atomic E-state index is 12.3. The molecule has 158 valence electrons. The number of nitrogens with zero attached hydrogens (tertiary/aromatic N) is 4. The van der Waals surface area contributed by atoms with Crippen molar-refractivity contribution in [1.82, 2.24) is 25.0 Å². The van der Waals surface area contributed by atoms with Gasteiger partial charge in [-0.3, -0.25) is 9.56 Å². The highest BCUT2D eigenvalue weighted by Gasteiger charge is 2.16. The molecular formula is C19H34N6O3. The molecule has 28 heavy (non-hydrogen) atoms. The van der Waals surface area contributed by atoms with Crippen molar-refractivity contribution in [1.29, 1.82) is 0 Å². The molecular weight excluding hydrogens is 360 g/mol. The molecule has 3 rings (SSSR count). The quantitative estimate of drug-likeness (QED) is 0.338. The van der Waals surface area contributed by atoms with E-state index in [1.165, 1.54) is 0 Å². The van der Waals surface area contributed by atoms with E-state index in [-0.39, 0.29) is 5.69 Å². The maximum Gasteiger partial charge on any atom is 0.345 e. The molecule has 1 unspecified atom stereocenters. The van der Waals surface area contributed by atoms with Gasteiger partial charge in [-0.05, 0) is 32.1 Å². The van der Waals surface area contributed by atoms with Gasteiger partial charge in [0.05, 0.1) is 13.2 Å². The summed E-state index contributed by atoms with van der Waals surface area (Å²) in [7, 11) is 1.76. The molecule has 2 aliphatic rings. The molecule has 1 fully saturated rings. The van der Waals surface area contributed by atoms with E-state index in [2.05, 4.69) is 20.7 Å². The maximum atomic E-state index is 12.3. The number of hydrogen-bond acceptors (Lipinski definition) is 5. The summed E-state index contributed by atoms with van der Waals surface area (Å²) < 4.78 is 14.5. The summed E-state index contributed by atoms with van der Waals surface area (Å²) in [6, 6.07) is 0. The zero-order chi connectivity index (χ0) is 19.6. The Labute approximate surface area is 166 Å². The Balaban J connectivity index is 1.25. The van der Waals surface area contributed by atoms with Crippen LogP contribution in [0, 0.1) is 5.92 Å². The normalized spacial score (nSPS) is 19.6. The van der Waals surface area contributed by atoms with Gasteiger partial charge >= 0.3 is 5.69 Å². The van der Waals surface area contributed by atoms with Crippen LogP contribution >= 0.6 is 0 Å². The van der Waals surface area contributed by atoms with E-state index >= 15 is 0 Å². The zero-order valence-electron chi connectivity index (χ0n) is 17.0. The first-order valence-corrected chi connectivity index (χ1v) is 10.5. The van der Waals surface area contributed by atoms with E-state index < -0.39 is 0 Å². The second-order valence-corrected chi connectivity index (χ2v) is 7.47. The van der Waals surface area contributed by atoms with Gasteiger partial charge in [0.25, 0.3) is 0 Å². The average molecular weight is 395 g/mol. The van der Waals surface area contributed by atoms with Crippen LogP contribution in [0.2, 0.25) is 0 Å². The van der Waals surface area contributed by atoms with Gasteiger partial charge in [0.1, 0.15) is 5.82 Å². The molecule has 1 aromatic rings. The summed E-state index contributed by atoms with van der Waals surface area (Å²) in [6.45, 7) is 6.24. The van der Waals surface area contributed by atoms with Crippen LogP contribution < -0.4 is 16.3 Å². The van der Waals surface area contributed by atoms with Gasteiger partial charge in [-0.15, -0.1) is 0 Å². The summed E-state index contributed by atoms with van der Waals surface area (Å²) in [5.41, 5.74) is 0.0290. The fourth-order valence-electron chi connectivity index (χ4n) is 3.60. The molecule has 0 aromatic carbocycles. The summed E-state index contributed by atoms with van der Waals surface area (Å²) >= 11 is 0. The van der Waals surface area contributed by atoms with Crippen LogP contribution in [0.4, 0.5) is 0 Å². The molecule has 0 radical (unpaired) electrons. The lowest BCUT2D eigenvalue weighted by atomic mass is 10.1. The minimum Gasteiger partial charge on any atom is -0.381 e. The number of guanidine groups is 1. The van der Waals surface area contributed by atoms with E-state index in [0.717, 1.165) is 96.4 Å². The van der Waals surface area contributed by atoms with Crippen LogP contribution in [0.15, 0.2) is 9.79 Å². The van der Waals surface area contributed by atoms with E-state index in [9.17, 15) is 4.79 Å². The monoisotopic (exact) mass is 394 g/mol. The highest BCUT2D eigenvalue weighted by atomic mass is 16.5. The fraction of sp³-hybridized carbons (Fsp3) is 0.842. The Morgan fingerprint density at radius 3 is 2.93 bits per heavy atom. The molecule has 2 aliphatic heterocycles. The van der Waals surface area contributed by atoms with Crippen LogP contribution in [0.3, 0.4) is 0 Å². The Bertz CT molecular complexity index is 678. The third-order valence-electron chi connectivity index (χ3n) is 5.23. The number of aryl methyl sites for hydroxylation is 2. The lowest BCUT2D eigenvalue weighted by Crippen LogP contribution is -2.39. The van der Waals surface area contributed by atoms with E-state index in [0.29, 0.717) is 12.5 Å². The van der Waals surface area contributed by atoms with Gasteiger partial charge in [-0.2, -0.15) is 5.10 Å². The minimum absolute atomic E-state index is 0.0290. The second-order valence-electron chi connectivity index (χ2n) is 7.47. The SMILES string of the molecule is CN=C(NCCCOCC1CCOC1)NCCCn1nc2n(c1=O)CCCC2. The number of hydrogen-bond donors (Lipinski definition) is 2.